The van der Waals surface area contributed by atoms with E-state index >= 15 is 0 Å². The summed E-state index contributed by atoms with van der Waals surface area (Å²) in [5, 5.41) is 0. The van der Waals surface area contributed by atoms with Crippen molar-refractivity contribution in [2.24, 2.45) is 5.92 Å². The Bertz CT molecular complexity index is 624. The van der Waals surface area contributed by atoms with Gasteiger partial charge < -0.3 is 14.5 Å². The van der Waals surface area contributed by atoms with Gasteiger partial charge in [0.05, 0.1) is 12.1 Å². The lowest BCUT2D eigenvalue weighted by Crippen LogP contribution is -2.45. The number of rotatable bonds is 4. The summed E-state index contributed by atoms with van der Waals surface area (Å²) in [5.41, 5.74) is 1.41. The highest BCUT2D eigenvalue weighted by atomic mass is 16.5. The molecule has 2 saturated carbocycles. The number of carbonyl (C=O) groups is 1. The van der Waals surface area contributed by atoms with E-state index in [0.717, 1.165) is 44.9 Å². The lowest BCUT2D eigenvalue weighted by molar-refractivity contribution is 0.0409. The smallest absolute Gasteiger partial charge is 0.320 e. The fourth-order valence-corrected chi connectivity index (χ4v) is 5.34. The first kappa shape index (κ1) is 15.7. The number of fused-ring (bicyclic) bond motifs is 1. The van der Waals surface area contributed by atoms with Crippen LogP contribution in [0.3, 0.4) is 0 Å². The summed E-state index contributed by atoms with van der Waals surface area (Å²) in [6.45, 7) is 2.58. The van der Waals surface area contributed by atoms with Crippen LogP contribution in [0.5, 0.6) is 0 Å². The van der Waals surface area contributed by atoms with Crippen LogP contribution in [-0.2, 0) is 4.74 Å². The van der Waals surface area contributed by atoms with Crippen molar-refractivity contribution in [2.45, 2.75) is 62.6 Å². The Hall–Kier alpha value is -1.55. The van der Waals surface area contributed by atoms with Crippen LogP contribution >= 0.6 is 0 Å². The quantitative estimate of drug-likeness (QED) is 0.838. The fourth-order valence-electron chi connectivity index (χ4n) is 5.34. The highest BCUT2D eigenvalue weighted by molar-refractivity contribution is 5.79. The van der Waals surface area contributed by atoms with Gasteiger partial charge in [-0.25, -0.2) is 4.79 Å². The van der Waals surface area contributed by atoms with Gasteiger partial charge in [0.15, 0.2) is 0 Å². The third kappa shape index (κ3) is 2.75. The zero-order valence-corrected chi connectivity index (χ0v) is 14.8. The Morgan fingerprint density at radius 1 is 0.960 bits per heavy atom. The molecule has 4 heteroatoms. The maximum atomic E-state index is 13.4. The lowest BCUT2D eigenvalue weighted by Gasteiger charge is -2.34. The van der Waals surface area contributed by atoms with Gasteiger partial charge in [0.25, 0.3) is 0 Å². The summed E-state index contributed by atoms with van der Waals surface area (Å²) in [6.07, 6.45) is 6.95. The molecule has 0 radical (unpaired) electrons. The van der Waals surface area contributed by atoms with Gasteiger partial charge in [0, 0.05) is 31.7 Å². The van der Waals surface area contributed by atoms with E-state index in [1.807, 2.05) is 0 Å². The predicted octanol–water partition coefficient (Wildman–Crippen LogP) is 3.63. The molecule has 134 valence electrons. The Labute approximate surface area is 150 Å². The highest BCUT2D eigenvalue weighted by Gasteiger charge is 2.55. The highest BCUT2D eigenvalue weighted by Crippen LogP contribution is 2.47. The summed E-state index contributed by atoms with van der Waals surface area (Å²) in [7, 11) is 0. The standard InChI is InChI=1S/C21H28N2O2/c24-21-22(14-15-6-7-15)20-18(16-4-2-1-3-5-16)8-9-19(20)23(21)17-10-12-25-13-11-17/h1-5,15,17-20H,6-14H2/t18-,19-,20+/m0/s1. The van der Waals surface area contributed by atoms with E-state index in [1.54, 1.807) is 0 Å². The lowest BCUT2D eigenvalue weighted by atomic mass is 9.92. The maximum absolute atomic E-state index is 13.4. The average Bonchev–Trinajstić information content (AvgIpc) is 3.32. The van der Waals surface area contributed by atoms with Crippen molar-refractivity contribution in [1.29, 1.82) is 0 Å². The van der Waals surface area contributed by atoms with E-state index in [4.69, 9.17) is 4.74 Å². The zero-order chi connectivity index (χ0) is 16.8. The molecule has 0 bridgehead atoms. The van der Waals surface area contributed by atoms with Crippen molar-refractivity contribution >= 4 is 6.03 Å². The number of benzene rings is 1. The van der Waals surface area contributed by atoms with E-state index in [0.29, 0.717) is 30.1 Å². The van der Waals surface area contributed by atoms with Crippen molar-refractivity contribution in [3.05, 3.63) is 35.9 Å². The Morgan fingerprint density at radius 3 is 2.44 bits per heavy atom. The number of carbonyl (C=O) groups excluding carboxylic acids is 1. The van der Waals surface area contributed by atoms with Crippen LogP contribution in [0.4, 0.5) is 4.79 Å². The first-order valence-corrected chi connectivity index (χ1v) is 10.0. The third-order valence-corrected chi connectivity index (χ3v) is 6.73. The predicted molar refractivity (Wildman–Crippen MR) is 96.5 cm³/mol. The minimum atomic E-state index is 0.314. The van der Waals surface area contributed by atoms with Crippen LogP contribution in [0.15, 0.2) is 30.3 Å². The molecule has 0 spiro atoms. The van der Waals surface area contributed by atoms with Gasteiger partial charge in [-0.05, 0) is 50.0 Å². The molecular formula is C21H28N2O2. The summed E-state index contributed by atoms with van der Waals surface area (Å²) in [5.74, 6) is 1.25. The first-order valence-electron chi connectivity index (χ1n) is 10.0. The molecule has 2 amide bonds. The van der Waals surface area contributed by atoms with Gasteiger partial charge in [-0.2, -0.15) is 0 Å². The molecule has 5 rings (SSSR count). The Balaban J connectivity index is 1.45. The molecule has 0 N–H and O–H groups in total. The van der Waals surface area contributed by atoms with Crippen LogP contribution in [0, 0.1) is 5.92 Å². The fraction of sp³-hybridized carbons (Fsp3) is 0.667. The molecule has 0 unspecified atom stereocenters. The van der Waals surface area contributed by atoms with Gasteiger partial charge >= 0.3 is 6.03 Å². The molecule has 2 heterocycles. The second kappa shape index (κ2) is 6.31. The van der Waals surface area contributed by atoms with Gasteiger partial charge in [0.2, 0.25) is 0 Å². The zero-order valence-electron chi connectivity index (χ0n) is 14.8. The monoisotopic (exact) mass is 340 g/mol. The van der Waals surface area contributed by atoms with Gasteiger partial charge in [-0.15, -0.1) is 0 Å². The van der Waals surface area contributed by atoms with E-state index < -0.39 is 0 Å². The minimum Gasteiger partial charge on any atom is -0.381 e. The average molecular weight is 340 g/mol. The molecule has 0 aromatic heterocycles. The second-order valence-electron chi connectivity index (χ2n) is 8.28. The summed E-state index contributed by atoms with van der Waals surface area (Å²) < 4.78 is 5.55. The largest absolute Gasteiger partial charge is 0.381 e. The Morgan fingerprint density at radius 2 is 1.72 bits per heavy atom. The number of ether oxygens (including phenoxy) is 1. The molecule has 2 saturated heterocycles. The van der Waals surface area contributed by atoms with Crippen LogP contribution < -0.4 is 0 Å². The van der Waals surface area contributed by atoms with Crippen molar-refractivity contribution in [3.63, 3.8) is 0 Å². The van der Waals surface area contributed by atoms with E-state index in [2.05, 4.69) is 40.1 Å². The van der Waals surface area contributed by atoms with Crippen LogP contribution in [0.1, 0.15) is 50.0 Å². The molecule has 2 aliphatic heterocycles. The first-order chi connectivity index (χ1) is 12.3. The SMILES string of the molecule is O=C1N(CC2CC2)[C@@H]2[C@H](c3ccccc3)CC[C@@H]2N1C1CCOCC1. The Kier molecular flexibility index (Phi) is 3.96. The molecule has 1 aromatic carbocycles. The van der Waals surface area contributed by atoms with Gasteiger partial charge in [0.1, 0.15) is 0 Å². The molecule has 3 atom stereocenters. The number of nitrogens with zero attached hydrogens (tertiary/aromatic N) is 2. The number of hydrogen-bond acceptors (Lipinski definition) is 2. The van der Waals surface area contributed by atoms with Gasteiger partial charge in [-0.3, -0.25) is 0 Å². The third-order valence-electron chi connectivity index (χ3n) is 6.73. The number of hydrogen-bond donors (Lipinski definition) is 0. The normalized spacial score (nSPS) is 33.1. The van der Waals surface area contributed by atoms with Crippen LogP contribution in [0.25, 0.3) is 0 Å². The molecule has 1 aromatic rings. The van der Waals surface area contributed by atoms with Crippen molar-refractivity contribution in [3.8, 4) is 0 Å². The molecule has 25 heavy (non-hydrogen) atoms. The molecule has 2 aliphatic carbocycles. The molecular weight excluding hydrogens is 312 g/mol. The molecule has 4 nitrogen and oxygen atoms in total. The number of amides is 2. The topological polar surface area (TPSA) is 32.8 Å². The maximum Gasteiger partial charge on any atom is 0.320 e. The summed E-state index contributed by atoms with van der Waals surface area (Å²) in [4.78, 5) is 17.9. The molecule has 4 aliphatic rings. The number of urea groups is 1. The van der Waals surface area contributed by atoms with Crippen molar-refractivity contribution < 1.29 is 9.53 Å². The van der Waals surface area contributed by atoms with Crippen LogP contribution in [0.2, 0.25) is 0 Å². The van der Waals surface area contributed by atoms with Crippen molar-refractivity contribution in [1.82, 2.24) is 9.80 Å². The summed E-state index contributed by atoms with van der Waals surface area (Å²) >= 11 is 0. The summed E-state index contributed by atoms with van der Waals surface area (Å²) in [6, 6.07) is 12.3. The molecule has 4 fully saturated rings. The van der Waals surface area contributed by atoms with E-state index in [-0.39, 0.29) is 0 Å². The van der Waals surface area contributed by atoms with Gasteiger partial charge in [-0.1, -0.05) is 30.3 Å². The van der Waals surface area contributed by atoms with Crippen molar-refractivity contribution in [2.75, 3.05) is 19.8 Å². The minimum absolute atomic E-state index is 0.314. The second-order valence-corrected chi connectivity index (χ2v) is 8.28. The van der Waals surface area contributed by atoms with Crippen LogP contribution in [-0.4, -0.2) is 53.7 Å². The van der Waals surface area contributed by atoms with E-state index in [9.17, 15) is 4.79 Å². The van der Waals surface area contributed by atoms with E-state index in [1.165, 1.54) is 24.8 Å².